The predicted molar refractivity (Wildman–Crippen MR) is 89.9 cm³/mol. The molecule has 0 atom stereocenters. The van der Waals surface area contributed by atoms with E-state index in [1.54, 1.807) is 42.5 Å². The normalized spacial score (nSPS) is 12.0. The fraction of sp³-hybridized carbons (Fsp3) is 0.263. The van der Waals surface area contributed by atoms with Gasteiger partial charge < -0.3 is 9.47 Å². The number of ketones is 1. The maximum atomic E-state index is 12.7. The van der Waals surface area contributed by atoms with E-state index in [1.165, 1.54) is 13.8 Å². The third kappa shape index (κ3) is 5.61. The quantitative estimate of drug-likeness (QED) is 0.527. The van der Waals surface area contributed by atoms with Gasteiger partial charge in [0.2, 0.25) is 5.76 Å². The maximum Gasteiger partial charge on any atom is 0.452 e. The summed E-state index contributed by atoms with van der Waals surface area (Å²) in [4.78, 5) is 15.6. The second kappa shape index (κ2) is 8.51. The van der Waals surface area contributed by atoms with Crippen LogP contribution in [0.5, 0.6) is 5.75 Å². The van der Waals surface area contributed by atoms with E-state index in [9.17, 15) is 18.0 Å². The molecule has 0 fully saturated rings. The Bertz CT molecular complexity index is 783. The van der Waals surface area contributed by atoms with Crippen molar-refractivity contribution in [3.8, 4) is 5.75 Å². The smallest absolute Gasteiger partial charge is 0.452 e. The van der Waals surface area contributed by atoms with E-state index in [0.717, 1.165) is 11.3 Å². The van der Waals surface area contributed by atoms with Crippen molar-refractivity contribution in [2.45, 2.75) is 26.4 Å². The van der Waals surface area contributed by atoms with Crippen molar-refractivity contribution in [3.63, 3.8) is 0 Å². The van der Waals surface area contributed by atoms with Crippen LogP contribution in [0, 0.1) is 0 Å². The Kier molecular flexibility index (Phi) is 6.38. The van der Waals surface area contributed by atoms with Crippen molar-refractivity contribution < 1.29 is 27.4 Å². The number of alkyl halides is 3. The van der Waals surface area contributed by atoms with Crippen LogP contribution in [-0.4, -0.2) is 23.6 Å². The van der Waals surface area contributed by atoms with Gasteiger partial charge in [0, 0.05) is 19.0 Å². The van der Waals surface area contributed by atoms with E-state index in [1.807, 2.05) is 0 Å². The van der Waals surface area contributed by atoms with Crippen molar-refractivity contribution in [3.05, 3.63) is 71.4 Å². The van der Waals surface area contributed by atoms with E-state index in [0.29, 0.717) is 18.4 Å². The van der Waals surface area contributed by atoms with Crippen LogP contribution < -0.4 is 4.74 Å². The highest BCUT2D eigenvalue weighted by Crippen LogP contribution is 2.27. The molecular formula is C19H18F3NO3. The lowest BCUT2D eigenvalue weighted by molar-refractivity contribution is -0.132. The number of pyridine rings is 1. The van der Waals surface area contributed by atoms with Crippen molar-refractivity contribution >= 4 is 5.78 Å². The van der Waals surface area contributed by atoms with Gasteiger partial charge in [-0.1, -0.05) is 18.2 Å². The van der Waals surface area contributed by atoms with Gasteiger partial charge in [0.05, 0.1) is 6.61 Å². The molecule has 0 unspecified atom stereocenters. The third-order valence-corrected chi connectivity index (χ3v) is 3.36. The molecule has 26 heavy (non-hydrogen) atoms. The number of hydrogen-bond acceptors (Lipinski definition) is 4. The van der Waals surface area contributed by atoms with Gasteiger partial charge in [0.1, 0.15) is 17.7 Å². The van der Waals surface area contributed by atoms with Gasteiger partial charge in [0.25, 0.3) is 0 Å². The standard InChI is InChI=1S/C19H18F3NO3/c1-3-25-18(19(20,21)22)12-26-16-9-7-14(8-10-16)11-15-5-4-6-17(23-15)13(2)24/h4-10,12H,3,11H2,1-2H3/b18-12-. The Balaban J connectivity index is 2.06. The molecule has 4 nitrogen and oxygen atoms in total. The van der Waals surface area contributed by atoms with Crippen molar-refractivity contribution in [1.82, 2.24) is 4.98 Å². The Hall–Kier alpha value is -2.83. The minimum absolute atomic E-state index is 0.111. The summed E-state index contributed by atoms with van der Waals surface area (Å²) in [5, 5.41) is 0. The van der Waals surface area contributed by atoms with E-state index in [2.05, 4.69) is 9.72 Å². The number of ether oxygens (including phenoxy) is 2. The number of Topliss-reactive ketones (excluding diaryl/α,β-unsaturated/α-hetero) is 1. The molecule has 0 spiro atoms. The molecule has 138 valence electrons. The van der Waals surface area contributed by atoms with Crippen LogP contribution in [0.4, 0.5) is 13.2 Å². The molecule has 0 aliphatic heterocycles. The molecular weight excluding hydrogens is 347 g/mol. The van der Waals surface area contributed by atoms with Crippen molar-refractivity contribution in [2.24, 2.45) is 0 Å². The topological polar surface area (TPSA) is 48.4 Å². The molecule has 0 saturated carbocycles. The molecule has 2 aromatic rings. The van der Waals surface area contributed by atoms with Gasteiger partial charge in [-0.2, -0.15) is 13.2 Å². The third-order valence-electron chi connectivity index (χ3n) is 3.36. The first-order valence-electron chi connectivity index (χ1n) is 7.92. The SMILES string of the molecule is CCO/C(=C\Oc1ccc(Cc2cccc(C(C)=O)n2)cc1)C(F)(F)F. The average Bonchev–Trinajstić information content (AvgIpc) is 2.59. The Morgan fingerprint density at radius 3 is 2.42 bits per heavy atom. The number of benzene rings is 1. The highest BCUT2D eigenvalue weighted by Gasteiger charge is 2.36. The number of aromatic nitrogens is 1. The van der Waals surface area contributed by atoms with E-state index >= 15 is 0 Å². The largest absolute Gasteiger partial charge is 0.487 e. The summed E-state index contributed by atoms with van der Waals surface area (Å²) < 4.78 is 47.7. The summed E-state index contributed by atoms with van der Waals surface area (Å²) in [6, 6.07) is 11.8. The molecule has 0 aliphatic rings. The highest BCUT2D eigenvalue weighted by molar-refractivity contribution is 5.92. The number of halogens is 3. The summed E-state index contributed by atoms with van der Waals surface area (Å²) in [6.45, 7) is 2.80. The van der Waals surface area contributed by atoms with Gasteiger partial charge >= 0.3 is 6.18 Å². The van der Waals surface area contributed by atoms with Crippen molar-refractivity contribution in [2.75, 3.05) is 6.61 Å². The monoisotopic (exact) mass is 365 g/mol. The summed E-state index contributed by atoms with van der Waals surface area (Å²) in [5.74, 6) is -1.05. The molecule has 0 radical (unpaired) electrons. The molecule has 0 amide bonds. The number of allylic oxidation sites excluding steroid dienone is 1. The summed E-state index contributed by atoms with van der Waals surface area (Å²) >= 11 is 0. The van der Waals surface area contributed by atoms with Gasteiger partial charge in [-0.25, -0.2) is 4.98 Å². The lowest BCUT2D eigenvalue weighted by Gasteiger charge is -2.12. The number of hydrogen-bond donors (Lipinski definition) is 0. The molecule has 1 heterocycles. The first kappa shape index (κ1) is 19.5. The van der Waals surface area contributed by atoms with Gasteiger partial charge in [-0.3, -0.25) is 4.79 Å². The second-order valence-corrected chi connectivity index (χ2v) is 5.42. The summed E-state index contributed by atoms with van der Waals surface area (Å²) in [5.41, 5.74) is 2.00. The zero-order valence-corrected chi connectivity index (χ0v) is 14.3. The first-order valence-corrected chi connectivity index (χ1v) is 7.92. The zero-order valence-electron chi connectivity index (χ0n) is 14.3. The fourth-order valence-electron chi connectivity index (χ4n) is 2.13. The Morgan fingerprint density at radius 1 is 1.15 bits per heavy atom. The number of carbonyl (C=O) groups excluding carboxylic acids is 1. The van der Waals surface area contributed by atoms with E-state index in [-0.39, 0.29) is 18.1 Å². The fourth-order valence-corrected chi connectivity index (χ4v) is 2.13. The van der Waals surface area contributed by atoms with Crippen LogP contribution in [0.3, 0.4) is 0 Å². The van der Waals surface area contributed by atoms with Crippen molar-refractivity contribution in [1.29, 1.82) is 0 Å². The minimum atomic E-state index is -4.61. The van der Waals surface area contributed by atoms with Crippen LogP contribution in [0.25, 0.3) is 0 Å². The zero-order chi connectivity index (χ0) is 19.2. The average molecular weight is 365 g/mol. The number of rotatable bonds is 7. The van der Waals surface area contributed by atoms with Gasteiger partial charge in [-0.05, 0) is 36.8 Å². The van der Waals surface area contributed by atoms with Crippen LogP contribution in [-0.2, 0) is 11.2 Å². The lowest BCUT2D eigenvalue weighted by atomic mass is 10.1. The minimum Gasteiger partial charge on any atom is -0.487 e. The van der Waals surface area contributed by atoms with Gasteiger partial charge in [-0.15, -0.1) is 0 Å². The molecule has 0 N–H and O–H groups in total. The molecule has 1 aromatic heterocycles. The number of carbonyl (C=O) groups is 1. The summed E-state index contributed by atoms with van der Waals surface area (Å²) in [7, 11) is 0. The maximum absolute atomic E-state index is 12.7. The van der Waals surface area contributed by atoms with E-state index < -0.39 is 11.9 Å². The highest BCUT2D eigenvalue weighted by atomic mass is 19.4. The molecule has 0 saturated heterocycles. The lowest BCUT2D eigenvalue weighted by Crippen LogP contribution is -2.15. The molecule has 1 aromatic carbocycles. The second-order valence-electron chi connectivity index (χ2n) is 5.42. The van der Waals surface area contributed by atoms with Crippen LogP contribution in [0.15, 0.2) is 54.5 Å². The Labute approximate surface area is 149 Å². The first-order chi connectivity index (χ1) is 12.3. The molecule has 0 aliphatic carbocycles. The van der Waals surface area contributed by atoms with Crippen LogP contribution >= 0.6 is 0 Å². The van der Waals surface area contributed by atoms with E-state index in [4.69, 9.17) is 4.74 Å². The van der Waals surface area contributed by atoms with Gasteiger partial charge in [0.15, 0.2) is 5.78 Å². The molecule has 0 bridgehead atoms. The molecule has 2 rings (SSSR count). The summed E-state index contributed by atoms with van der Waals surface area (Å²) in [6.07, 6.45) is -3.57. The Morgan fingerprint density at radius 2 is 1.85 bits per heavy atom. The molecule has 7 heteroatoms. The van der Waals surface area contributed by atoms with Crippen LogP contribution in [0.2, 0.25) is 0 Å². The van der Waals surface area contributed by atoms with Crippen LogP contribution in [0.1, 0.15) is 35.6 Å². The number of nitrogens with zero attached hydrogens (tertiary/aromatic N) is 1. The predicted octanol–water partition coefficient (Wildman–Crippen LogP) is 4.69.